The lowest BCUT2D eigenvalue weighted by molar-refractivity contribution is 0.0277. The first-order valence-electron chi connectivity index (χ1n) is 9.63. The summed E-state index contributed by atoms with van der Waals surface area (Å²) in [5.41, 5.74) is 0. The molecule has 2 aliphatic rings. The summed E-state index contributed by atoms with van der Waals surface area (Å²) in [5.74, 6) is 0.922. The molecule has 2 rings (SSSR count). The van der Waals surface area contributed by atoms with Crippen LogP contribution in [-0.2, 0) is 4.74 Å². The van der Waals surface area contributed by atoms with Crippen LogP contribution >= 0.6 is 24.0 Å². The standard InChI is InChI=1S/C18H36N4O.HI/c1-3-22-13-7-9-16(22)15-21-18(19-2)20-12-8-14-23-17-10-5-4-6-11-17;/h16-17H,3-15H2,1-2H3,(H2,19,20,21);1H. The Hall–Kier alpha value is -0.0800. The molecule has 0 bridgehead atoms. The molecule has 0 aromatic rings. The number of hydrogen-bond acceptors (Lipinski definition) is 3. The second kappa shape index (κ2) is 13.2. The smallest absolute Gasteiger partial charge is 0.191 e. The van der Waals surface area contributed by atoms with Gasteiger partial charge in [-0.1, -0.05) is 26.2 Å². The molecule has 1 unspecified atom stereocenters. The highest BCUT2D eigenvalue weighted by atomic mass is 127. The number of nitrogens with zero attached hydrogens (tertiary/aromatic N) is 2. The molecule has 6 heteroatoms. The largest absolute Gasteiger partial charge is 0.378 e. The quantitative estimate of drug-likeness (QED) is 0.257. The molecule has 1 aliphatic carbocycles. The van der Waals surface area contributed by atoms with Crippen molar-refractivity contribution in [3.05, 3.63) is 0 Å². The van der Waals surface area contributed by atoms with Crippen molar-refractivity contribution in [1.82, 2.24) is 15.5 Å². The molecule has 0 spiro atoms. The van der Waals surface area contributed by atoms with E-state index in [1.807, 2.05) is 7.05 Å². The van der Waals surface area contributed by atoms with Gasteiger partial charge in [-0.3, -0.25) is 9.89 Å². The highest BCUT2D eigenvalue weighted by Crippen LogP contribution is 2.20. The second-order valence-electron chi connectivity index (χ2n) is 6.79. The summed E-state index contributed by atoms with van der Waals surface area (Å²) >= 11 is 0. The zero-order valence-electron chi connectivity index (χ0n) is 15.6. The summed E-state index contributed by atoms with van der Waals surface area (Å²) in [6.45, 7) is 7.42. The van der Waals surface area contributed by atoms with Gasteiger partial charge >= 0.3 is 0 Å². The van der Waals surface area contributed by atoms with Crippen LogP contribution < -0.4 is 10.6 Å². The van der Waals surface area contributed by atoms with E-state index in [0.29, 0.717) is 12.1 Å². The van der Waals surface area contributed by atoms with Gasteiger partial charge in [-0.2, -0.15) is 0 Å². The van der Waals surface area contributed by atoms with Crippen molar-refractivity contribution in [2.75, 3.05) is 39.8 Å². The van der Waals surface area contributed by atoms with Gasteiger partial charge in [-0.05, 0) is 45.2 Å². The van der Waals surface area contributed by atoms with Crippen molar-refractivity contribution in [2.24, 2.45) is 4.99 Å². The lowest BCUT2D eigenvalue weighted by Crippen LogP contribution is -2.45. The number of hydrogen-bond donors (Lipinski definition) is 2. The maximum atomic E-state index is 5.96. The topological polar surface area (TPSA) is 48.9 Å². The van der Waals surface area contributed by atoms with Gasteiger partial charge in [0.05, 0.1) is 6.10 Å². The Morgan fingerprint density at radius 2 is 1.92 bits per heavy atom. The van der Waals surface area contributed by atoms with E-state index < -0.39 is 0 Å². The average molecular weight is 452 g/mol. The minimum atomic E-state index is 0. The number of ether oxygens (including phenoxy) is 1. The first-order valence-corrected chi connectivity index (χ1v) is 9.63. The van der Waals surface area contributed by atoms with Crippen LogP contribution in [0.5, 0.6) is 0 Å². The molecule has 1 atom stereocenters. The van der Waals surface area contributed by atoms with E-state index in [1.165, 1.54) is 51.5 Å². The van der Waals surface area contributed by atoms with Gasteiger partial charge in [0.2, 0.25) is 0 Å². The van der Waals surface area contributed by atoms with Crippen LogP contribution in [0.3, 0.4) is 0 Å². The predicted molar refractivity (Wildman–Crippen MR) is 112 cm³/mol. The molecule has 5 nitrogen and oxygen atoms in total. The van der Waals surface area contributed by atoms with Crippen LogP contribution in [0.25, 0.3) is 0 Å². The Labute approximate surface area is 165 Å². The zero-order chi connectivity index (χ0) is 16.3. The van der Waals surface area contributed by atoms with E-state index in [-0.39, 0.29) is 24.0 Å². The summed E-state index contributed by atoms with van der Waals surface area (Å²) in [4.78, 5) is 6.88. The number of rotatable bonds is 8. The Morgan fingerprint density at radius 3 is 2.62 bits per heavy atom. The fraction of sp³-hybridized carbons (Fsp3) is 0.944. The molecule has 1 saturated heterocycles. The zero-order valence-corrected chi connectivity index (χ0v) is 17.9. The normalized spacial score (nSPS) is 23.1. The fourth-order valence-corrected chi connectivity index (χ4v) is 3.74. The van der Waals surface area contributed by atoms with Crippen molar-refractivity contribution < 1.29 is 4.74 Å². The number of likely N-dealkylation sites (N-methyl/N-ethyl adjacent to an activating group) is 1. The summed E-state index contributed by atoms with van der Waals surface area (Å²) in [7, 11) is 1.85. The molecule has 1 aliphatic heterocycles. The Kier molecular flexibility index (Phi) is 12.0. The van der Waals surface area contributed by atoms with Gasteiger partial charge in [0.1, 0.15) is 0 Å². The fourth-order valence-electron chi connectivity index (χ4n) is 3.74. The van der Waals surface area contributed by atoms with Crippen molar-refractivity contribution in [2.45, 2.75) is 70.4 Å². The molecule has 1 saturated carbocycles. The summed E-state index contributed by atoms with van der Waals surface area (Å²) in [5, 5.41) is 6.88. The molecular formula is C18H37IN4O. The number of halogens is 1. The molecule has 24 heavy (non-hydrogen) atoms. The Morgan fingerprint density at radius 1 is 1.12 bits per heavy atom. The van der Waals surface area contributed by atoms with Gasteiger partial charge in [-0.15, -0.1) is 24.0 Å². The third-order valence-corrected chi connectivity index (χ3v) is 5.15. The number of guanidine groups is 1. The van der Waals surface area contributed by atoms with E-state index in [1.54, 1.807) is 0 Å². The first kappa shape index (κ1) is 22.0. The number of likely N-dealkylation sites (tertiary alicyclic amines) is 1. The molecule has 1 heterocycles. The number of aliphatic imine (C=N–C) groups is 1. The SMILES string of the molecule is CCN1CCCC1CNC(=NC)NCCCOC1CCCCC1.I. The molecular weight excluding hydrogens is 415 g/mol. The second-order valence-corrected chi connectivity index (χ2v) is 6.79. The molecule has 0 aromatic heterocycles. The first-order chi connectivity index (χ1) is 11.3. The maximum absolute atomic E-state index is 5.96. The van der Waals surface area contributed by atoms with Crippen molar-refractivity contribution >= 4 is 29.9 Å². The summed E-state index contributed by atoms with van der Waals surface area (Å²) in [6, 6.07) is 0.660. The van der Waals surface area contributed by atoms with Crippen LogP contribution in [0.15, 0.2) is 4.99 Å². The van der Waals surface area contributed by atoms with Crippen molar-refractivity contribution in [1.29, 1.82) is 0 Å². The van der Waals surface area contributed by atoms with Gasteiger partial charge < -0.3 is 15.4 Å². The summed E-state index contributed by atoms with van der Waals surface area (Å²) in [6.07, 6.45) is 10.8. The minimum absolute atomic E-state index is 0. The van der Waals surface area contributed by atoms with Gasteiger partial charge in [0.25, 0.3) is 0 Å². The third kappa shape index (κ3) is 7.87. The molecule has 2 N–H and O–H groups in total. The van der Waals surface area contributed by atoms with Crippen LogP contribution in [0.2, 0.25) is 0 Å². The molecule has 0 radical (unpaired) electrons. The van der Waals surface area contributed by atoms with E-state index in [2.05, 4.69) is 27.4 Å². The minimum Gasteiger partial charge on any atom is -0.378 e. The van der Waals surface area contributed by atoms with Crippen LogP contribution in [0, 0.1) is 0 Å². The Balaban J connectivity index is 0.00000288. The van der Waals surface area contributed by atoms with Gasteiger partial charge in [0, 0.05) is 32.8 Å². The highest BCUT2D eigenvalue weighted by Gasteiger charge is 2.22. The van der Waals surface area contributed by atoms with Crippen molar-refractivity contribution in [3.63, 3.8) is 0 Å². The van der Waals surface area contributed by atoms with E-state index in [4.69, 9.17) is 4.74 Å². The van der Waals surface area contributed by atoms with Crippen LogP contribution in [0.4, 0.5) is 0 Å². The van der Waals surface area contributed by atoms with Crippen LogP contribution in [0.1, 0.15) is 58.3 Å². The molecule has 142 valence electrons. The highest BCUT2D eigenvalue weighted by molar-refractivity contribution is 14.0. The lowest BCUT2D eigenvalue weighted by atomic mass is 9.98. The predicted octanol–water partition coefficient (Wildman–Crippen LogP) is 2.99. The van der Waals surface area contributed by atoms with Gasteiger partial charge in [0.15, 0.2) is 5.96 Å². The van der Waals surface area contributed by atoms with E-state index in [9.17, 15) is 0 Å². The van der Waals surface area contributed by atoms with Crippen LogP contribution in [-0.4, -0.2) is 62.8 Å². The summed E-state index contributed by atoms with van der Waals surface area (Å²) < 4.78 is 5.96. The lowest BCUT2D eigenvalue weighted by Gasteiger charge is -2.24. The Bertz CT molecular complexity index is 348. The van der Waals surface area contributed by atoms with E-state index in [0.717, 1.165) is 38.6 Å². The van der Waals surface area contributed by atoms with Crippen molar-refractivity contribution in [3.8, 4) is 0 Å². The van der Waals surface area contributed by atoms with E-state index >= 15 is 0 Å². The third-order valence-electron chi connectivity index (χ3n) is 5.15. The van der Waals surface area contributed by atoms with Gasteiger partial charge in [-0.25, -0.2) is 0 Å². The maximum Gasteiger partial charge on any atom is 0.191 e. The number of nitrogens with one attached hydrogen (secondary N) is 2. The molecule has 2 fully saturated rings. The molecule has 0 amide bonds. The molecule has 0 aromatic carbocycles. The monoisotopic (exact) mass is 452 g/mol. The average Bonchev–Trinajstić information content (AvgIpc) is 3.06.